The van der Waals surface area contributed by atoms with Gasteiger partial charge in [0.2, 0.25) is 11.8 Å². The number of nitrogens with zero attached hydrogens (tertiary/aromatic N) is 1. The number of anilines is 3. The molecule has 6 nitrogen and oxygen atoms in total. The fourth-order valence-electron chi connectivity index (χ4n) is 3.43. The molecule has 1 fully saturated rings. The quantitative estimate of drug-likeness (QED) is 0.797. The molecule has 0 unspecified atom stereocenters. The lowest BCUT2D eigenvalue weighted by Gasteiger charge is -2.21. The first-order valence-electron chi connectivity index (χ1n) is 9.52. The summed E-state index contributed by atoms with van der Waals surface area (Å²) in [5, 5.41) is 6.15. The van der Waals surface area contributed by atoms with E-state index >= 15 is 0 Å². The molecule has 148 valence electrons. The summed E-state index contributed by atoms with van der Waals surface area (Å²) in [5.74, 6) is 0.644. The van der Waals surface area contributed by atoms with E-state index in [0.717, 1.165) is 35.5 Å². The molecule has 1 aliphatic rings. The van der Waals surface area contributed by atoms with Crippen LogP contribution >= 0.6 is 0 Å². The van der Waals surface area contributed by atoms with Crippen molar-refractivity contribution in [1.29, 1.82) is 0 Å². The number of rotatable bonds is 6. The van der Waals surface area contributed by atoms with Crippen molar-refractivity contribution in [2.75, 3.05) is 29.2 Å². The Bertz CT molecular complexity index is 895. The van der Waals surface area contributed by atoms with E-state index in [1.165, 1.54) is 0 Å². The highest BCUT2D eigenvalue weighted by molar-refractivity contribution is 5.98. The molecular formula is C22H27N3O3. The second-order valence-corrected chi connectivity index (χ2v) is 7.21. The van der Waals surface area contributed by atoms with Crippen LogP contribution in [-0.2, 0) is 9.59 Å². The molecule has 0 bridgehead atoms. The summed E-state index contributed by atoms with van der Waals surface area (Å²) in [6, 6.07) is 11.0. The number of benzene rings is 2. The highest BCUT2D eigenvalue weighted by atomic mass is 16.5. The van der Waals surface area contributed by atoms with Crippen LogP contribution in [0.25, 0.3) is 0 Å². The smallest absolute Gasteiger partial charge is 0.246 e. The fraction of sp³-hybridized carbons (Fsp3) is 0.364. The number of nitrogens with one attached hydrogen (secondary N) is 2. The minimum atomic E-state index is -0.441. The molecule has 0 saturated carbocycles. The molecule has 28 heavy (non-hydrogen) atoms. The van der Waals surface area contributed by atoms with Gasteiger partial charge in [-0.2, -0.15) is 0 Å². The van der Waals surface area contributed by atoms with Crippen LogP contribution < -0.4 is 20.3 Å². The number of hydrogen-bond donors (Lipinski definition) is 2. The lowest BCUT2D eigenvalue weighted by atomic mass is 10.1. The van der Waals surface area contributed by atoms with E-state index in [1.54, 1.807) is 7.11 Å². The molecule has 0 spiro atoms. The van der Waals surface area contributed by atoms with E-state index in [2.05, 4.69) is 10.6 Å². The predicted octanol–water partition coefficient (Wildman–Crippen LogP) is 3.88. The van der Waals surface area contributed by atoms with Crippen LogP contribution in [0.5, 0.6) is 5.75 Å². The van der Waals surface area contributed by atoms with Crippen LogP contribution in [0.2, 0.25) is 0 Å². The van der Waals surface area contributed by atoms with Gasteiger partial charge in [0.1, 0.15) is 11.8 Å². The van der Waals surface area contributed by atoms with Crippen LogP contribution in [-0.4, -0.2) is 31.5 Å². The van der Waals surface area contributed by atoms with Gasteiger partial charge < -0.3 is 20.3 Å². The van der Waals surface area contributed by atoms with Gasteiger partial charge in [0, 0.05) is 24.3 Å². The van der Waals surface area contributed by atoms with Crippen molar-refractivity contribution in [1.82, 2.24) is 0 Å². The molecule has 1 saturated heterocycles. The summed E-state index contributed by atoms with van der Waals surface area (Å²) in [6.07, 6.45) is 1.51. The van der Waals surface area contributed by atoms with E-state index in [1.807, 2.05) is 62.1 Å². The Morgan fingerprint density at radius 3 is 2.61 bits per heavy atom. The van der Waals surface area contributed by atoms with Crippen molar-refractivity contribution >= 4 is 28.9 Å². The number of carbonyl (C=O) groups excluding carboxylic acids is 2. The van der Waals surface area contributed by atoms with Gasteiger partial charge in [-0.25, -0.2) is 0 Å². The predicted molar refractivity (Wildman–Crippen MR) is 112 cm³/mol. The van der Waals surface area contributed by atoms with Crippen molar-refractivity contribution in [2.24, 2.45) is 0 Å². The first kappa shape index (κ1) is 19.7. The molecule has 1 atom stereocenters. The normalized spacial score (nSPS) is 14.7. The Kier molecular flexibility index (Phi) is 5.87. The third-order valence-electron chi connectivity index (χ3n) is 4.95. The van der Waals surface area contributed by atoms with E-state index in [-0.39, 0.29) is 11.8 Å². The fourth-order valence-corrected chi connectivity index (χ4v) is 3.43. The van der Waals surface area contributed by atoms with Gasteiger partial charge in [-0.3, -0.25) is 9.59 Å². The van der Waals surface area contributed by atoms with Gasteiger partial charge in [0.05, 0.1) is 12.8 Å². The second kappa shape index (κ2) is 8.33. The first-order chi connectivity index (χ1) is 13.4. The maximum atomic E-state index is 12.6. The zero-order valence-electron chi connectivity index (χ0n) is 16.8. The van der Waals surface area contributed by atoms with E-state index in [0.29, 0.717) is 17.9 Å². The second-order valence-electron chi connectivity index (χ2n) is 7.21. The molecule has 2 aromatic carbocycles. The van der Waals surface area contributed by atoms with Crippen molar-refractivity contribution in [2.45, 2.75) is 39.7 Å². The SMILES string of the molecule is COc1ccc(C)cc1NC(=O)[C@H](C)Nc1ccc(N2CCCC2=O)c(C)c1. The number of hydrogen-bond acceptors (Lipinski definition) is 4. The molecule has 3 rings (SSSR count). The summed E-state index contributed by atoms with van der Waals surface area (Å²) in [4.78, 5) is 26.4. The third kappa shape index (κ3) is 4.27. The van der Waals surface area contributed by atoms with Crippen LogP contribution in [0, 0.1) is 13.8 Å². The van der Waals surface area contributed by atoms with Crippen LogP contribution in [0.4, 0.5) is 17.1 Å². The molecular weight excluding hydrogens is 354 g/mol. The standard InChI is InChI=1S/C22H27N3O3/c1-14-7-10-20(28-4)18(12-14)24-22(27)16(3)23-17-8-9-19(15(2)13-17)25-11-5-6-21(25)26/h7-10,12-13,16,23H,5-6,11H2,1-4H3,(H,24,27)/t16-/m0/s1. The molecule has 0 aliphatic carbocycles. The lowest BCUT2D eigenvalue weighted by Crippen LogP contribution is -2.32. The van der Waals surface area contributed by atoms with E-state index in [9.17, 15) is 9.59 Å². The monoisotopic (exact) mass is 381 g/mol. The Morgan fingerprint density at radius 2 is 1.96 bits per heavy atom. The number of ether oxygens (including phenoxy) is 1. The van der Waals surface area contributed by atoms with Crippen LogP contribution in [0.15, 0.2) is 36.4 Å². The summed E-state index contributed by atoms with van der Waals surface area (Å²) in [7, 11) is 1.58. The Balaban J connectivity index is 1.68. The van der Waals surface area contributed by atoms with E-state index < -0.39 is 6.04 Å². The third-order valence-corrected chi connectivity index (χ3v) is 4.95. The Morgan fingerprint density at radius 1 is 1.18 bits per heavy atom. The molecule has 0 radical (unpaired) electrons. The topological polar surface area (TPSA) is 70.7 Å². The number of amides is 2. The number of aryl methyl sites for hydroxylation is 2. The maximum absolute atomic E-state index is 12.6. The zero-order chi connectivity index (χ0) is 20.3. The summed E-state index contributed by atoms with van der Waals surface area (Å²) in [5.41, 5.74) is 4.48. The van der Waals surface area contributed by atoms with E-state index in [4.69, 9.17) is 4.74 Å². The minimum absolute atomic E-state index is 0.152. The van der Waals surface area contributed by atoms with Gasteiger partial charge in [-0.1, -0.05) is 6.07 Å². The average molecular weight is 381 g/mol. The molecule has 1 heterocycles. The number of methoxy groups -OCH3 is 1. The Hall–Kier alpha value is -3.02. The molecule has 2 amide bonds. The van der Waals surface area contributed by atoms with Gasteiger partial charge in [-0.05, 0) is 68.7 Å². The van der Waals surface area contributed by atoms with Gasteiger partial charge in [0.25, 0.3) is 0 Å². The lowest BCUT2D eigenvalue weighted by molar-refractivity contribution is -0.117. The molecule has 2 N–H and O–H groups in total. The average Bonchev–Trinajstić information content (AvgIpc) is 3.07. The molecule has 0 aromatic heterocycles. The molecule has 2 aromatic rings. The maximum Gasteiger partial charge on any atom is 0.246 e. The number of carbonyl (C=O) groups is 2. The van der Waals surface area contributed by atoms with Crippen LogP contribution in [0.1, 0.15) is 30.9 Å². The van der Waals surface area contributed by atoms with Crippen LogP contribution in [0.3, 0.4) is 0 Å². The Labute approximate surface area is 165 Å². The van der Waals surface area contributed by atoms with Crippen molar-refractivity contribution in [3.05, 3.63) is 47.5 Å². The summed E-state index contributed by atoms with van der Waals surface area (Å²) < 4.78 is 5.32. The largest absolute Gasteiger partial charge is 0.495 e. The van der Waals surface area contributed by atoms with Crippen molar-refractivity contribution in [3.8, 4) is 5.75 Å². The van der Waals surface area contributed by atoms with Gasteiger partial charge >= 0.3 is 0 Å². The first-order valence-corrected chi connectivity index (χ1v) is 9.52. The minimum Gasteiger partial charge on any atom is -0.495 e. The molecule has 1 aliphatic heterocycles. The van der Waals surface area contributed by atoms with Gasteiger partial charge in [-0.15, -0.1) is 0 Å². The highest BCUT2D eigenvalue weighted by Gasteiger charge is 2.23. The zero-order valence-corrected chi connectivity index (χ0v) is 16.8. The highest BCUT2D eigenvalue weighted by Crippen LogP contribution is 2.28. The van der Waals surface area contributed by atoms with Crippen molar-refractivity contribution < 1.29 is 14.3 Å². The summed E-state index contributed by atoms with van der Waals surface area (Å²) in [6.45, 7) is 6.52. The summed E-state index contributed by atoms with van der Waals surface area (Å²) >= 11 is 0. The van der Waals surface area contributed by atoms with Gasteiger partial charge in [0.15, 0.2) is 0 Å². The van der Waals surface area contributed by atoms with Crippen molar-refractivity contribution in [3.63, 3.8) is 0 Å². The molecule has 6 heteroatoms.